The van der Waals surface area contributed by atoms with Crippen molar-refractivity contribution in [3.8, 4) is 0 Å². The van der Waals surface area contributed by atoms with E-state index in [1.165, 1.54) is 12.8 Å². The summed E-state index contributed by atoms with van der Waals surface area (Å²) >= 11 is 0. The Labute approximate surface area is 185 Å². The van der Waals surface area contributed by atoms with Gasteiger partial charge in [0.15, 0.2) is 0 Å². The Morgan fingerprint density at radius 2 is 1.24 bits per heavy atom. The third-order valence-electron chi connectivity index (χ3n) is 3.60. The molecule has 0 spiro atoms. The van der Waals surface area contributed by atoms with Gasteiger partial charge in [-0.15, -0.1) is 0 Å². The highest BCUT2D eigenvalue weighted by molar-refractivity contribution is 5.35. The molecular formula is C25H58N2O2. The van der Waals surface area contributed by atoms with Gasteiger partial charge in [-0.25, -0.2) is 0 Å². The molecular weight excluding hydrogens is 360 g/mol. The number of allylic oxidation sites excluding steroid dienone is 2. The summed E-state index contributed by atoms with van der Waals surface area (Å²) < 4.78 is 10.8. The van der Waals surface area contributed by atoms with E-state index < -0.39 is 0 Å². The summed E-state index contributed by atoms with van der Waals surface area (Å²) in [5, 5.41) is 0. The predicted octanol–water partition coefficient (Wildman–Crippen LogP) is 7.44. The molecule has 0 aromatic heterocycles. The zero-order chi connectivity index (χ0) is 24.3. The Hall–Kier alpha value is -1.00. The van der Waals surface area contributed by atoms with Gasteiger partial charge < -0.3 is 20.9 Å². The average Bonchev–Trinajstić information content (AvgIpc) is 2.78. The number of hydrogen-bond donors (Lipinski definition) is 2. The summed E-state index contributed by atoms with van der Waals surface area (Å²) in [6.45, 7) is 26.6. The molecule has 0 saturated heterocycles. The second-order valence-electron chi connectivity index (χ2n) is 6.05. The molecule has 0 unspecified atom stereocenters. The highest BCUT2D eigenvalue weighted by Gasteiger charge is 2.10. The monoisotopic (exact) mass is 418 g/mol. The van der Waals surface area contributed by atoms with E-state index >= 15 is 0 Å². The first-order valence-corrected chi connectivity index (χ1v) is 11.9. The zero-order valence-corrected chi connectivity index (χ0v) is 22.5. The highest BCUT2D eigenvalue weighted by atomic mass is 16.5. The molecule has 4 N–H and O–H groups in total. The van der Waals surface area contributed by atoms with Gasteiger partial charge in [0.2, 0.25) is 0 Å². The molecule has 0 aromatic rings. The number of nitrogens with two attached hydrogens (primary N) is 2. The maximum atomic E-state index is 6.14. The zero-order valence-electron chi connectivity index (χ0n) is 22.5. The summed E-state index contributed by atoms with van der Waals surface area (Å²) in [6, 6.07) is 0. The van der Waals surface area contributed by atoms with Crippen LogP contribution in [0.25, 0.3) is 0 Å². The van der Waals surface area contributed by atoms with E-state index in [1.54, 1.807) is 7.11 Å². The highest BCUT2D eigenvalue weighted by Crippen LogP contribution is 2.18. The van der Waals surface area contributed by atoms with Crippen molar-refractivity contribution in [1.29, 1.82) is 0 Å². The van der Waals surface area contributed by atoms with Gasteiger partial charge >= 0.3 is 0 Å². The van der Waals surface area contributed by atoms with Gasteiger partial charge in [0, 0.05) is 19.4 Å². The Balaban J connectivity index is -0.000000162. The van der Waals surface area contributed by atoms with Crippen LogP contribution in [0.5, 0.6) is 0 Å². The molecule has 4 nitrogen and oxygen atoms in total. The van der Waals surface area contributed by atoms with Gasteiger partial charge in [-0.2, -0.15) is 0 Å². The lowest BCUT2D eigenvalue weighted by molar-refractivity contribution is 0.146. The minimum Gasteiger partial charge on any atom is -0.400 e. The minimum absolute atomic E-state index is 0.246. The smallest absolute Gasteiger partial charge is 0.0683 e. The fourth-order valence-electron chi connectivity index (χ4n) is 1.65. The van der Waals surface area contributed by atoms with Crippen molar-refractivity contribution in [2.45, 2.75) is 109 Å². The number of methoxy groups -OCH3 is 1. The van der Waals surface area contributed by atoms with Gasteiger partial charge in [0.1, 0.15) is 0 Å². The molecule has 180 valence electrons. The van der Waals surface area contributed by atoms with Crippen LogP contribution in [0, 0.1) is 5.92 Å². The van der Waals surface area contributed by atoms with Crippen LogP contribution in [-0.2, 0) is 9.47 Å². The Kier molecular flexibility index (Phi) is 45.9. The third kappa shape index (κ3) is 27.0. The van der Waals surface area contributed by atoms with E-state index in [1.807, 2.05) is 62.3 Å². The van der Waals surface area contributed by atoms with Gasteiger partial charge in [0.05, 0.1) is 18.9 Å². The molecule has 0 heterocycles. The first-order valence-electron chi connectivity index (χ1n) is 11.9. The molecule has 4 heteroatoms. The summed E-state index contributed by atoms with van der Waals surface area (Å²) in [6.07, 6.45) is 4.47. The van der Waals surface area contributed by atoms with E-state index in [-0.39, 0.29) is 5.92 Å². The van der Waals surface area contributed by atoms with Crippen LogP contribution in [0.2, 0.25) is 0 Å². The fraction of sp³-hybridized carbons (Fsp3) is 0.840. The topological polar surface area (TPSA) is 70.5 Å². The second kappa shape index (κ2) is 34.5. The number of ether oxygens (including phenoxy) is 2. The molecule has 0 fully saturated rings. The summed E-state index contributed by atoms with van der Waals surface area (Å²) in [5.74, 6) is 0.246. The van der Waals surface area contributed by atoms with Gasteiger partial charge in [-0.3, -0.25) is 0 Å². The number of unbranched alkanes of at least 4 members (excludes halogenated alkanes) is 1. The first kappa shape index (κ1) is 38.6. The number of hydrogen-bond acceptors (Lipinski definition) is 4. The summed E-state index contributed by atoms with van der Waals surface area (Å²) in [5.41, 5.74) is 15.8. The molecule has 0 bridgehead atoms. The molecule has 0 amide bonds. The minimum atomic E-state index is 0.246. The van der Waals surface area contributed by atoms with Crippen molar-refractivity contribution < 1.29 is 9.47 Å². The largest absolute Gasteiger partial charge is 0.400 e. The summed E-state index contributed by atoms with van der Waals surface area (Å²) in [4.78, 5) is 0. The molecule has 0 aliphatic carbocycles. The van der Waals surface area contributed by atoms with Gasteiger partial charge in [0.25, 0.3) is 0 Å². The van der Waals surface area contributed by atoms with Crippen molar-refractivity contribution in [1.82, 2.24) is 0 Å². The van der Waals surface area contributed by atoms with Crippen molar-refractivity contribution in [3.05, 3.63) is 22.5 Å². The van der Waals surface area contributed by atoms with Crippen LogP contribution in [0.3, 0.4) is 0 Å². The van der Waals surface area contributed by atoms with Crippen LogP contribution in [-0.4, -0.2) is 26.9 Å². The van der Waals surface area contributed by atoms with E-state index in [9.17, 15) is 0 Å². The normalized spacial score (nSPS) is 11.1. The molecule has 0 aromatic carbocycles. The Morgan fingerprint density at radius 3 is 1.55 bits per heavy atom. The molecule has 0 aliphatic rings. The molecule has 0 atom stereocenters. The Bertz CT molecular complexity index is 347. The molecule has 0 aliphatic heterocycles. The van der Waals surface area contributed by atoms with E-state index in [0.29, 0.717) is 18.9 Å². The van der Waals surface area contributed by atoms with Crippen LogP contribution >= 0.6 is 0 Å². The maximum absolute atomic E-state index is 6.14. The van der Waals surface area contributed by atoms with Crippen LogP contribution < -0.4 is 11.5 Å². The van der Waals surface area contributed by atoms with Crippen molar-refractivity contribution in [3.63, 3.8) is 0 Å². The molecule has 0 rings (SSSR count). The molecule has 0 saturated carbocycles. The second-order valence-corrected chi connectivity index (χ2v) is 6.05. The SMILES string of the molecule is CC.CC.CC.CCCC.CCCOC/C(CCOC)=C(C)/C(N)=C(/N)C(C)C. The van der Waals surface area contributed by atoms with Crippen LogP contribution in [0.4, 0.5) is 0 Å². The van der Waals surface area contributed by atoms with Gasteiger partial charge in [-0.1, -0.05) is 89.0 Å². The van der Waals surface area contributed by atoms with E-state index in [2.05, 4.69) is 20.8 Å². The standard InChI is InChI=1S/C15H30N2O2.C4H10.3C2H6/c1-6-8-19-10-13(7-9-18-5)12(4)15(17)14(16)11(2)3;1-3-4-2;3*1-2/h11H,6-10,16-17H2,1-5H3;3-4H2,1-2H3;3*1-2H3/b13-12+,15-14-;;;;. The van der Waals surface area contributed by atoms with Gasteiger partial charge in [-0.05, 0) is 36.8 Å². The quantitative estimate of drug-likeness (QED) is 0.286. The lowest BCUT2D eigenvalue weighted by Crippen LogP contribution is -2.17. The number of rotatable bonds is 10. The van der Waals surface area contributed by atoms with Crippen molar-refractivity contribution in [2.75, 3.05) is 26.9 Å². The first-order chi connectivity index (χ1) is 13.9. The maximum Gasteiger partial charge on any atom is 0.0683 e. The molecule has 29 heavy (non-hydrogen) atoms. The van der Waals surface area contributed by atoms with Crippen LogP contribution in [0.15, 0.2) is 22.5 Å². The lowest BCUT2D eigenvalue weighted by atomic mass is 10.00. The Morgan fingerprint density at radius 1 is 0.793 bits per heavy atom. The predicted molar refractivity (Wildman–Crippen MR) is 135 cm³/mol. The lowest BCUT2D eigenvalue weighted by Gasteiger charge is -2.16. The molecule has 0 radical (unpaired) electrons. The fourth-order valence-corrected chi connectivity index (χ4v) is 1.65. The average molecular weight is 419 g/mol. The van der Waals surface area contributed by atoms with Crippen LogP contribution in [0.1, 0.15) is 109 Å². The van der Waals surface area contributed by atoms with Crippen molar-refractivity contribution in [2.24, 2.45) is 17.4 Å². The third-order valence-corrected chi connectivity index (χ3v) is 3.60. The van der Waals surface area contributed by atoms with E-state index in [0.717, 1.165) is 36.3 Å². The van der Waals surface area contributed by atoms with Crippen molar-refractivity contribution >= 4 is 0 Å². The summed E-state index contributed by atoms with van der Waals surface area (Å²) in [7, 11) is 1.70. The van der Waals surface area contributed by atoms with E-state index in [4.69, 9.17) is 20.9 Å².